The quantitative estimate of drug-likeness (QED) is 0.742. The van der Waals surface area contributed by atoms with E-state index in [1.54, 1.807) is 18.5 Å². The van der Waals surface area contributed by atoms with E-state index < -0.39 is 0 Å². The van der Waals surface area contributed by atoms with Crippen molar-refractivity contribution in [2.24, 2.45) is 0 Å². The van der Waals surface area contributed by atoms with Gasteiger partial charge >= 0.3 is 0 Å². The molecule has 26 heavy (non-hydrogen) atoms. The molecule has 132 valence electrons. The molecule has 1 atom stereocenters. The fourth-order valence-electron chi connectivity index (χ4n) is 2.71. The number of carbonyl (C=O) groups is 1. The molecule has 0 radical (unpaired) electrons. The smallest absolute Gasteiger partial charge is 0.251 e. The lowest BCUT2D eigenvalue weighted by molar-refractivity contribution is -0.121. The molecule has 0 aliphatic carbocycles. The summed E-state index contributed by atoms with van der Waals surface area (Å²) >= 11 is 0. The SMILES string of the molecule is Cc1cccc(CC(=O)N[C@@H](C)c2cc(=O)[nH]c(-c3cccnc3)n2)c1. The van der Waals surface area contributed by atoms with Crippen molar-refractivity contribution in [1.29, 1.82) is 0 Å². The Balaban J connectivity index is 1.75. The molecule has 6 heteroatoms. The Hall–Kier alpha value is -3.28. The average molecular weight is 348 g/mol. The molecule has 0 spiro atoms. The zero-order chi connectivity index (χ0) is 18.5. The summed E-state index contributed by atoms with van der Waals surface area (Å²) in [5.74, 6) is 0.313. The number of aryl methyl sites for hydroxylation is 1. The largest absolute Gasteiger partial charge is 0.348 e. The highest BCUT2D eigenvalue weighted by Crippen LogP contribution is 2.15. The molecule has 0 unspecified atom stereocenters. The molecule has 0 saturated heterocycles. The Morgan fingerprint density at radius 3 is 2.81 bits per heavy atom. The number of amides is 1. The molecule has 6 nitrogen and oxygen atoms in total. The first-order valence-electron chi connectivity index (χ1n) is 8.38. The van der Waals surface area contributed by atoms with Crippen molar-refractivity contribution in [2.45, 2.75) is 26.3 Å². The number of H-pyrrole nitrogens is 1. The van der Waals surface area contributed by atoms with Crippen molar-refractivity contribution in [3.05, 3.63) is 82.0 Å². The number of benzene rings is 1. The zero-order valence-electron chi connectivity index (χ0n) is 14.7. The Kier molecular flexibility index (Phi) is 5.22. The van der Waals surface area contributed by atoms with Crippen LogP contribution in [0.1, 0.15) is 29.8 Å². The molecule has 0 aliphatic rings. The molecule has 0 saturated carbocycles. The van der Waals surface area contributed by atoms with E-state index in [0.717, 1.165) is 11.1 Å². The van der Waals surface area contributed by atoms with Crippen LogP contribution in [0.15, 0.2) is 59.7 Å². The Morgan fingerprint density at radius 2 is 2.08 bits per heavy atom. The van der Waals surface area contributed by atoms with Crippen LogP contribution < -0.4 is 10.9 Å². The van der Waals surface area contributed by atoms with Crippen LogP contribution in [0.25, 0.3) is 11.4 Å². The first-order chi connectivity index (χ1) is 12.5. The van der Waals surface area contributed by atoms with Gasteiger partial charge in [-0.2, -0.15) is 0 Å². The fraction of sp³-hybridized carbons (Fsp3) is 0.200. The lowest BCUT2D eigenvalue weighted by atomic mass is 10.1. The molecule has 2 N–H and O–H groups in total. The predicted octanol–water partition coefficient (Wildman–Crippen LogP) is 2.56. The van der Waals surface area contributed by atoms with Gasteiger partial charge in [-0.15, -0.1) is 0 Å². The number of carbonyl (C=O) groups excluding carboxylic acids is 1. The monoisotopic (exact) mass is 348 g/mol. The minimum absolute atomic E-state index is 0.117. The van der Waals surface area contributed by atoms with Gasteiger partial charge in [0.1, 0.15) is 5.82 Å². The van der Waals surface area contributed by atoms with Crippen molar-refractivity contribution >= 4 is 5.91 Å². The molecule has 3 aromatic rings. The van der Waals surface area contributed by atoms with Gasteiger partial charge in [0.05, 0.1) is 18.2 Å². The third kappa shape index (κ3) is 4.42. The number of hydrogen-bond acceptors (Lipinski definition) is 4. The van der Waals surface area contributed by atoms with Crippen molar-refractivity contribution in [3.8, 4) is 11.4 Å². The highest BCUT2D eigenvalue weighted by Gasteiger charge is 2.14. The maximum Gasteiger partial charge on any atom is 0.251 e. The lowest BCUT2D eigenvalue weighted by Gasteiger charge is -2.14. The van der Waals surface area contributed by atoms with Crippen LogP contribution in [0, 0.1) is 6.92 Å². The normalized spacial score (nSPS) is 11.8. The minimum Gasteiger partial charge on any atom is -0.348 e. The van der Waals surface area contributed by atoms with E-state index in [2.05, 4.69) is 20.3 Å². The van der Waals surface area contributed by atoms with E-state index in [4.69, 9.17) is 0 Å². The number of aromatic nitrogens is 3. The third-order valence-electron chi connectivity index (χ3n) is 3.96. The molecule has 0 bridgehead atoms. The van der Waals surface area contributed by atoms with Crippen LogP contribution in [0.5, 0.6) is 0 Å². The van der Waals surface area contributed by atoms with Crippen molar-refractivity contribution in [1.82, 2.24) is 20.3 Å². The highest BCUT2D eigenvalue weighted by molar-refractivity contribution is 5.79. The van der Waals surface area contributed by atoms with Gasteiger partial charge in [0, 0.05) is 24.0 Å². The first-order valence-corrected chi connectivity index (χ1v) is 8.38. The van der Waals surface area contributed by atoms with Gasteiger partial charge < -0.3 is 10.3 Å². The molecule has 1 aromatic carbocycles. The van der Waals surface area contributed by atoms with Crippen LogP contribution in [-0.2, 0) is 11.2 Å². The topological polar surface area (TPSA) is 87.7 Å². The number of aromatic amines is 1. The van der Waals surface area contributed by atoms with E-state index in [1.807, 2.05) is 44.2 Å². The molecule has 0 aliphatic heterocycles. The molecule has 2 heterocycles. The third-order valence-corrected chi connectivity index (χ3v) is 3.96. The van der Waals surface area contributed by atoms with Gasteiger partial charge in [-0.05, 0) is 31.5 Å². The van der Waals surface area contributed by atoms with Gasteiger partial charge in [0.15, 0.2) is 0 Å². The zero-order valence-corrected chi connectivity index (χ0v) is 14.7. The number of nitrogens with one attached hydrogen (secondary N) is 2. The average Bonchev–Trinajstić information content (AvgIpc) is 2.62. The fourth-order valence-corrected chi connectivity index (χ4v) is 2.71. The van der Waals surface area contributed by atoms with Crippen molar-refractivity contribution < 1.29 is 4.79 Å². The van der Waals surface area contributed by atoms with Gasteiger partial charge in [-0.3, -0.25) is 14.6 Å². The summed E-state index contributed by atoms with van der Waals surface area (Å²) in [6.45, 7) is 3.80. The molecular formula is C20H20N4O2. The number of hydrogen-bond donors (Lipinski definition) is 2. The van der Waals surface area contributed by atoms with Gasteiger partial charge in [-0.25, -0.2) is 4.98 Å². The van der Waals surface area contributed by atoms with E-state index >= 15 is 0 Å². The molecule has 2 aromatic heterocycles. The van der Waals surface area contributed by atoms with Crippen molar-refractivity contribution in [3.63, 3.8) is 0 Å². The summed E-state index contributed by atoms with van der Waals surface area (Å²) in [4.78, 5) is 35.5. The van der Waals surface area contributed by atoms with Crippen LogP contribution in [-0.4, -0.2) is 20.9 Å². The lowest BCUT2D eigenvalue weighted by Crippen LogP contribution is -2.29. The second-order valence-corrected chi connectivity index (χ2v) is 6.22. The summed E-state index contributed by atoms with van der Waals surface area (Å²) in [6.07, 6.45) is 3.56. The second kappa shape index (κ2) is 7.74. The van der Waals surface area contributed by atoms with Gasteiger partial charge in [0.2, 0.25) is 5.91 Å². The Labute approximate surface area is 151 Å². The standard InChI is InChI=1S/C20H20N4O2/c1-13-5-3-6-15(9-13)10-18(25)22-14(2)17-11-19(26)24-20(23-17)16-7-4-8-21-12-16/h3-9,11-12,14H,10H2,1-2H3,(H,22,25)(H,23,24,26)/t14-/m0/s1. The highest BCUT2D eigenvalue weighted by atomic mass is 16.1. The molecule has 1 amide bonds. The summed E-state index contributed by atoms with van der Waals surface area (Å²) in [5.41, 5.74) is 3.01. The molecule has 3 rings (SSSR count). The first kappa shape index (κ1) is 17.5. The van der Waals surface area contributed by atoms with Crippen LogP contribution in [0.4, 0.5) is 0 Å². The summed E-state index contributed by atoms with van der Waals surface area (Å²) < 4.78 is 0. The van der Waals surface area contributed by atoms with Gasteiger partial charge in [-0.1, -0.05) is 29.8 Å². The number of rotatable bonds is 5. The van der Waals surface area contributed by atoms with E-state index in [-0.39, 0.29) is 23.9 Å². The second-order valence-electron chi connectivity index (χ2n) is 6.22. The maximum atomic E-state index is 12.3. The van der Waals surface area contributed by atoms with Crippen LogP contribution >= 0.6 is 0 Å². The number of pyridine rings is 1. The van der Waals surface area contributed by atoms with Gasteiger partial charge in [0.25, 0.3) is 5.56 Å². The van der Waals surface area contributed by atoms with E-state index in [1.165, 1.54) is 6.07 Å². The Morgan fingerprint density at radius 1 is 1.23 bits per heavy atom. The Bertz CT molecular complexity index is 967. The molecule has 0 fully saturated rings. The van der Waals surface area contributed by atoms with Crippen LogP contribution in [0.2, 0.25) is 0 Å². The van der Waals surface area contributed by atoms with Crippen molar-refractivity contribution in [2.75, 3.05) is 0 Å². The predicted molar refractivity (Wildman–Crippen MR) is 99.5 cm³/mol. The van der Waals surface area contributed by atoms with E-state index in [9.17, 15) is 9.59 Å². The molecular weight excluding hydrogens is 328 g/mol. The number of nitrogens with zero attached hydrogens (tertiary/aromatic N) is 2. The van der Waals surface area contributed by atoms with Crippen LogP contribution in [0.3, 0.4) is 0 Å². The van der Waals surface area contributed by atoms with E-state index in [0.29, 0.717) is 17.1 Å². The minimum atomic E-state index is -0.384. The summed E-state index contributed by atoms with van der Waals surface area (Å²) in [5, 5.41) is 2.90. The summed E-state index contributed by atoms with van der Waals surface area (Å²) in [7, 11) is 0. The summed E-state index contributed by atoms with van der Waals surface area (Å²) in [6, 6.07) is 12.4. The maximum absolute atomic E-state index is 12.3.